The first-order valence-corrected chi connectivity index (χ1v) is 8.75. The highest BCUT2D eigenvalue weighted by Gasteiger charge is 2.26. The molecule has 1 aliphatic rings. The molecule has 5 heteroatoms. The molecule has 3 rings (SSSR count). The Bertz CT molecular complexity index is 904. The fourth-order valence-electron chi connectivity index (χ4n) is 3.43. The molecular formula is C21H25N3O2. The van der Waals surface area contributed by atoms with Gasteiger partial charge in [-0.05, 0) is 31.1 Å². The van der Waals surface area contributed by atoms with E-state index in [4.69, 9.17) is 4.74 Å². The monoisotopic (exact) mass is 351 g/mol. The van der Waals surface area contributed by atoms with E-state index in [-0.39, 0.29) is 11.6 Å². The van der Waals surface area contributed by atoms with E-state index >= 15 is 0 Å². The zero-order valence-corrected chi connectivity index (χ0v) is 15.4. The fraction of sp³-hybridized carbons (Fsp3) is 0.286. The van der Waals surface area contributed by atoms with Crippen molar-refractivity contribution in [3.05, 3.63) is 82.8 Å². The van der Waals surface area contributed by atoms with Crippen molar-refractivity contribution in [3.63, 3.8) is 0 Å². The number of fused-ring (bicyclic) bond motifs is 1. The Morgan fingerprint density at radius 2 is 2.19 bits per heavy atom. The number of aromatic amines is 1. The van der Waals surface area contributed by atoms with Gasteiger partial charge in [-0.1, -0.05) is 37.5 Å². The van der Waals surface area contributed by atoms with Crippen molar-refractivity contribution < 1.29 is 4.74 Å². The summed E-state index contributed by atoms with van der Waals surface area (Å²) < 4.78 is 6.87. The summed E-state index contributed by atoms with van der Waals surface area (Å²) in [6, 6.07) is 7.71. The van der Waals surface area contributed by atoms with Crippen molar-refractivity contribution in [2.24, 2.45) is 0 Å². The molecule has 5 nitrogen and oxygen atoms in total. The van der Waals surface area contributed by atoms with Crippen LogP contribution in [-0.2, 0) is 13.0 Å². The summed E-state index contributed by atoms with van der Waals surface area (Å²) in [5.74, 6) is 0.724. The largest absolute Gasteiger partial charge is 0.497 e. The highest BCUT2D eigenvalue weighted by atomic mass is 16.5. The van der Waals surface area contributed by atoms with Crippen LogP contribution < -0.4 is 10.3 Å². The Hall–Kier alpha value is -2.79. The first-order valence-electron chi connectivity index (χ1n) is 8.75. The Kier molecular flexibility index (Phi) is 5.28. The summed E-state index contributed by atoms with van der Waals surface area (Å²) >= 11 is 0. The average molecular weight is 351 g/mol. The molecule has 0 fully saturated rings. The van der Waals surface area contributed by atoms with Gasteiger partial charge in [0.05, 0.1) is 18.5 Å². The number of methoxy groups -OCH3 is 1. The molecule has 1 aromatic carbocycles. The maximum atomic E-state index is 12.8. The first-order chi connectivity index (χ1) is 12.6. The molecule has 1 unspecified atom stereocenters. The Morgan fingerprint density at radius 3 is 2.88 bits per heavy atom. The SMILES string of the molecule is C=C/C=C(\C=C)C(C)N1CCc2c([nH]n(-c3cccc(OC)c3)c2=O)C1. The Labute approximate surface area is 153 Å². The topological polar surface area (TPSA) is 50.3 Å². The molecular weight excluding hydrogens is 326 g/mol. The second kappa shape index (κ2) is 7.62. The quantitative estimate of drug-likeness (QED) is 0.813. The zero-order valence-electron chi connectivity index (χ0n) is 15.4. The van der Waals surface area contributed by atoms with Crippen LogP contribution in [0.25, 0.3) is 5.69 Å². The minimum atomic E-state index is 0.0196. The highest BCUT2D eigenvalue weighted by molar-refractivity contribution is 5.40. The van der Waals surface area contributed by atoms with Crippen LogP contribution in [0.1, 0.15) is 18.2 Å². The average Bonchev–Trinajstić information content (AvgIpc) is 3.01. The molecule has 0 bridgehead atoms. The summed E-state index contributed by atoms with van der Waals surface area (Å²) in [4.78, 5) is 15.2. The van der Waals surface area contributed by atoms with Gasteiger partial charge in [0, 0.05) is 30.8 Å². The molecule has 1 aliphatic heterocycles. The van der Waals surface area contributed by atoms with Crippen molar-refractivity contribution in [3.8, 4) is 11.4 Å². The number of benzene rings is 1. The van der Waals surface area contributed by atoms with Crippen molar-refractivity contribution >= 4 is 0 Å². The normalized spacial score (nSPS) is 16.0. The van der Waals surface area contributed by atoms with Crippen LogP contribution in [0, 0.1) is 0 Å². The number of hydrogen-bond donors (Lipinski definition) is 1. The van der Waals surface area contributed by atoms with Gasteiger partial charge in [-0.15, -0.1) is 0 Å². The van der Waals surface area contributed by atoms with E-state index in [0.29, 0.717) is 6.54 Å². The highest BCUT2D eigenvalue weighted by Crippen LogP contribution is 2.22. The van der Waals surface area contributed by atoms with Gasteiger partial charge in [-0.2, -0.15) is 0 Å². The Morgan fingerprint density at radius 1 is 1.38 bits per heavy atom. The van der Waals surface area contributed by atoms with Crippen LogP contribution in [0.4, 0.5) is 0 Å². The van der Waals surface area contributed by atoms with Gasteiger partial charge < -0.3 is 4.74 Å². The number of allylic oxidation sites excluding steroid dienone is 2. The van der Waals surface area contributed by atoms with Crippen molar-refractivity contribution in [1.29, 1.82) is 0 Å². The third-order valence-electron chi connectivity index (χ3n) is 4.97. The van der Waals surface area contributed by atoms with Crippen LogP contribution in [0.15, 0.2) is 66.0 Å². The molecule has 2 heterocycles. The fourth-order valence-corrected chi connectivity index (χ4v) is 3.43. The minimum Gasteiger partial charge on any atom is -0.497 e. The van der Waals surface area contributed by atoms with Gasteiger partial charge in [0.1, 0.15) is 5.75 Å². The molecule has 0 saturated heterocycles. The van der Waals surface area contributed by atoms with Crippen molar-refractivity contribution in [1.82, 2.24) is 14.7 Å². The number of rotatable bonds is 6. The predicted molar refractivity (Wildman–Crippen MR) is 105 cm³/mol. The summed E-state index contributed by atoms with van der Waals surface area (Å²) in [6.45, 7) is 11.4. The van der Waals surface area contributed by atoms with E-state index in [9.17, 15) is 4.79 Å². The molecule has 1 aromatic heterocycles. The second-order valence-corrected chi connectivity index (χ2v) is 6.41. The van der Waals surface area contributed by atoms with Gasteiger partial charge in [-0.3, -0.25) is 14.8 Å². The lowest BCUT2D eigenvalue weighted by Crippen LogP contribution is -2.39. The Balaban J connectivity index is 1.91. The van der Waals surface area contributed by atoms with Crippen molar-refractivity contribution in [2.45, 2.75) is 25.9 Å². The van der Waals surface area contributed by atoms with Crippen LogP contribution in [0.5, 0.6) is 5.75 Å². The van der Waals surface area contributed by atoms with Gasteiger partial charge in [0.15, 0.2) is 0 Å². The molecule has 2 aromatic rings. The maximum absolute atomic E-state index is 12.8. The molecule has 0 aliphatic carbocycles. The summed E-state index contributed by atoms with van der Waals surface area (Å²) in [5.41, 5.74) is 3.76. The van der Waals surface area contributed by atoms with E-state index < -0.39 is 0 Å². The summed E-state index contributed by atoms with van der Waals surface area (Å²) in [7, 11) is 1.62. The van der Waals surface area contributed by atoms with Gasteiger partial charge >= 0.3 is 0 Å². The van der Waals surface area contributed by atoms with Crippen LogP contribution >= 0.6 is 0 Å². The van der Waals surface area contributed by atoms with Gasteiger partial charge in [0.25, 0.3) is 5.56 Å². The molecule has 1 atom stereocenters. The number of nitrogens with zero attached hydrogens (tertiary/aromatic N) is 2. The second-order valence-electron chi connectivity index (χ2n) is 6.41. The first kappa shape index (κ1) is 18.0. The lowest BCUT2D eigenvalue weighted by atomic mass is 10.0. The lowest BCUT2D eigenvalue weighted by molar-refractivity contribution is 0.213. The van der Waals surface area contributed by atoms with Crippen LogP contribution in [0.2, 0.25) is 0 Å². The number of nitrogens with one attached hydrogen (secondary N) is 1. The smallest absolute Gasteiger partial charge is 0.274 e. The zero-order chi connectivity index (χ0) is 18.7. The van der Waals surface area contributed by atoms with Crippen LogP contribution in [-0.4, -0.2) is 34.4 Å². The molecule has 0 spiro atoms. The number of hydrogen-bond acceptors (Lipinski definition) is 3. The molecule has 1 N–H and O–H groups in total. The number of ether oxygens (including phenoxy) is 1. The van der Waals surface area contributed by atoms with E-state index in [2.05, 4.69) is 30.1 Å². The molecule has 0 saturated carbocycles. The third kappa shape index (κ3) is 3.30. The molecule has 0 radical (unpaired) electrons. The van der Waals surface area contributed by atoms with Crippen molar-refractivity contribution in [2.75, 3.05) is 13.7 Å². The molecule has 136 valence electrons. The van der Waals surface area contributed by atoms with Crippen LogP contribution in [0.3, 0.4) is 0 Å². The van der Waals surface area contributed by atoms with Gasteiger partial charge in [0.2, 0.25) is 0 Å². The minimum absolute atomic E-state index is 0.0196. The number of H-pyrrole nitrogens is 1. The van der Waals surface area contributed by atoms with E-state index in [1.165, 1.54) is 0 Å². The third-order valence-corrected chi connectivity index (χ3v) is 4.97. The van der Waals surface area contributed by atoms with E-state index in [1.54, 1.807) is 17.9 Å². The molecule has 0 amide bonds. The van der Waals surface area contributed by atoms with Gasteiger partial charge in [-0.25, -0.2) is 4.68 Å². The number of aromatic nitrogens is 2. The standard InChI is InChI=1S/C21H25N3O2/c1-5-8-16(6-2)15(3)23-12-11-19-20(14-23)22-24(21(19)25)17-9-7-10-18(13-17)26-4/h5-10,13,15,22H,1-2,11-12,14H2,3-4H3/b16-8+. The van der Waals surface area contributed by atoms with E-state index in [1.807, 2.05) is 36.4 Å². The lowest BCUT2D eigenvalue weighted by Gasteiger charge is -2.32. The van der Waals surface area contributed by atoms with E-state index in [0.717, 1.165) is 41.2 Å². The predicted octanol–water partition coefficient (Wildman–Crippen LogP) is 3.22. The summed E-state index contributed by atoms with van der Waals surface area (Å²) in [6.07, 6.45) is 6.36. The molecule has 26 heavy (non-hydrogen) atoms. The summed E-state index contributed by atoms with van der Waals surface area (Å²) in [5, 5.41) is 3.28. The maximum Gasteiger partial charge on any atom is 0.274 e.